The van der Waals surface area contributed by atoms with Crippen molar-refractivity contribution in [2.75, 3.05) is 19.6 Å². The third-order valence-electron chi connectivity index (χ3n) is 6.25. The van der Waals surface area contributed by atoms with Gasteiger partial charge in [0.1, 0.15) is 11.9 Å². The van der Waals surface area contributed by atoms with Gasteiger partial charge in [-0.3, -0.25) is 14.5 Å². The molecule has 2 aromatic rings. The van der Waals surface area contributed by atoms with Gasteiger partial charge in [0.2, 0.25) is 0 Å². The lowest BCUT2D eigenvalue weighted by Gasteiger charge is -2.40. The molecule has 2 aromatic heterocycles. The smallest absolute Gasteiger partial charge is 0.117 e. The third kappa shape index (κ3) is 3.33. The van der Waals surface area contributed by atoms with Crippen LogP contribution in [0.25, 0.3) is 0 Å². The van der Waals surface area contributed by atoms with Crippen molar-refractivity contribution in [2.45, 2.75) is 57.5 Å². The number of furan rings is 1. The summed E-state index contributed by atoms with van der Waals surface area (Å²) in [4.78, 5) is 5.11. The van der Waals surface area contributed by atoms with Crippen LogP contribution in [-0.2, 0) is 19.6 Å². The Morgan fingerprint density at radius 2 is 2.00 bits per heavy atom. The molecule has 6 heteroatoms. The number of fused-ring (bicyclic) bond motifs is 1. The fourth-order valence-electron chi connectivity index (χ4n) is 4.48. The van der Waals surface area contributed by atoms with Crippen LogP contribution in [0.5, 0.6) is 0 Å². The summed E-state index contributed by atoms with van der Waals surface area (Å²) < 4.78 is 7.59. The van der Waals surface area contributed by atoms with Crippen LogP contribution in [-0.4, -0.2) is 50.4 Å². The topological polar surface area (TPSA) is 57.7 Å². The van der Waals surface area contributed by atoms with Gasteiger partial charge < -0.3 is 9.52 Å². The zero-order valence-corrected chi connectivity index (χ0v) is 15.3. The van der Waals surface area contributed by atoms with Gasteiger partial charge in [-0.15, -0.1) is 0 Å². The number of aromatic nitrogens is 2. The maximum Gasteiger partial charge on any atom is 0.117 e. The summed E-state index contributed by atoms with van der Waals surface area (Å²) in [5, 5.41) is 15.0. The van der Waals surface area contributed by atoms with Crippen LogP contribution < -0.4 is 0 Å². The first kappa shape index (κ1) is 16.5. The minimum absolute atomic E-state index is 0.355. The lowest BCUT2D eigenvalue weighted by Crippen LogP contribution is -2.47. The summed E-state index contributed by atoms with van der Waals surface area (Å²) in [5.41, 5.74) is 2.15. The Kier molecular flexibility index (Phi) is 4.35. The maximum absolute atomic E-state index is 10.4. The highest BCUT2D eigenvalue weighted by Crippen LogP contribution is 2.40. The molecule has 5 rings (SSSR count). The molecule has 0 unspecified atom stereocenters. The molecular formula is C20H28N4O2. The SMILES string of the molecule is O[C@H](c1cc2n(n1)CCN(C1CCN(Cc3ccco3)CC1)C2)C1CC1. The Morgan fingerprint density at radius 3 is 2.73 bits per heavy atom. The summed E-state index contributed by atoms with van der Waals surface area (Å²) in [5.74, 6) is 1.51. The van der Waals surface area contributed by atoms with E-state index in [1.165, 1.54) is 18.5 Å². The van der Waals surface area contributed by atoms with Crippen molar-refractivity contribution in [3.8, 4) is 0 Å². The van der Waals surface area contributed by atoms with E-state index >= 15 is 0 Å². The average molecular weight is 356 g/mol. The molecule has 1 atom stereocenters. The largest absolute Gasteiger partial charge is 0.468 e. The van der Waals surface area contributed by atoms with Gasteiger partial charge in [-0.1, -0.05) is 0 Å². The van der Waals surface area contributed by atoms with Gasteiger partial charge in [0, 0.05) is 32.2 Å². The van der Waals surface area contributed by atoms with Gasteiger partial charge in [0.15, 0.2) is 0 Å². The highest BCUT2D eigenvalue weighted by molar-refractivity contribution is 5.16. The van der Waals surface area contributed by atoms with E-state index in [-0.39, 0.29) is 6.10 Å². The van der Waals surface area contributed by atoms with E-state index in [1.54, 1.807) is 6.26 Å². The molecule has 140 valence electrons. The fourth-order valence-corrected chi connectivity index (χ4v) is 4.48. The van der Waals surface area contributed by atoms with E-state index in [0.29, 0.717) is 12.0 Å². The molecule has 1 saturated carbocycles. The van der Waals surface area contributed by atoms with Gasteiger partial charge in [0.25, 0.3) is 0 Å². The molecule has 1 aliphatic carbocycles. The average Bonchev–Trinajstić information content (AvgIpc) is 3.22. The van der Waals surface area contributed by atoms with Crippen molar-refractivity contribution in [3.05, 3.63) is 41.6 Å². The fraction of sp³-hybridized carbons (Fsp3) is 0.650. The second-order valence-corrected chi connectivity index (χ2v) is 8.12. The number of hydrogen-bond donors (Lipinski definition) is 1. The molecule has 0 spiro atoms. The summed E-state index contributed by atoms with van der Waals surface area (Å²) in [6, 6.07) is 6.82. The molecular weight excluding hydrogens is 328 g/mol. The number of nitrogens with zero attached hydrogens (tertiary/aromatic N) is 4. The first-order valence-electron chi connectivity index (χ1n) is 10.00. The Balaban J connectivity index is 1.17. The van der Waals surface area contributed by atoms with Crippen molar-refractivity contribution in [1.29, 1.82) is 0 Å². The summed E-state index contributed by atoms with van der Waals surface area (Å²) in [6.07, 6.45) is 6.12. The van der Waals surface area contributed by atoms with Crippen molar-refractivity contribution in [2.24, 2.45) is 5.92 Å². The monoisotopic (exact) mass is 356 g/mol. The van der Waals surface area contributed by atoms with E-state index < -0.39 is 0 Å². The number of hydrogen-bond acceptors (Lipinski definition) is 5. The number of aliphatic hydroxyl groups excluding tert-OH is 1. The summed E-state index contributed by atoms with van der Waals surface area (Å²) >= 11 is 0. The standard InChI is InChI=1S/C20H28N4O2/c25-20(15-3-4-15)19-12-17-13-23(9-10-24(17)21-19)16-5-7-22(8-6-16)14-18-2-1-11-26-18/h1-2,11-12,15-16,20,25H,3-10,13-14H2/t20-/m0/s1. The second-order valence-electron chi connectivity index (χ2n) is 8.12. The van der Waals surface area contributed by atoms with Crippen LogP contribution in [0.3, 0.4) is 0 Å². The summed E-state index contributed by atoms with van der Waals surface area (Å²) in [6.45, 7) is 6.16. The van der Waals surface area contributed by atoms with Crippen LogP contribution in [0.4, 0.5) is 0 Å². The van der Waals surface area contributed by atoms with Gasteiger partial charge in [-0.25, -0.2) is 0 Å². The molecule has 26 heavy (non-hydrogen) atoms. The molecule has 1 N–H and O–H groups in total. The molecule has 0 radical (unpaired) electrons. The Bertz CT molecular complexity index is 729. The second kappa shape index (κ2) is 6.83. The predicted molar refractivity (Wildman–Crippen MR) is 97.3 cm³/mol. The molecule has 1 saturated heterocycles. The highest BCUT2D eigenvalue weighted by Gasteiger charge is 2.34. The molecule has 6 nitrogen and oxygen atoms in total. The van der Waals surface area contributed by atoms with Crippen LogP contribution in [0.2, 0.25) is 0 Å². The number of rotatable bonds is 5. The first-order chi connectivity index (χ1) is 12.8. The normalized spacial score (nSPS) is 23.9. The Hall–Kier alpha value is -1.63. The van der Waals surface area contributed by atoms with Crippen molar-refractivity contribution >= 4 is 0 Å². The summed E-state index contributed by atoms with van der Waals surface area (Å²) in [7, 11) is 0. The zero-order chi connectivity index (χ0) is 17.5. The third-order valence-corrected chi connectivity index (χ3v) is 6.25. The lowest BCUT2D eigenvalue weighted by atomic mass is 10.0. The molecule has 2 aliphatic heterocycles. The van der Waals surface area contributed by atoms with Gasteiger partial charge >= 0.3 is 0 Å². The van der Waals surface area contributed by atoms with E-state index in [1.807, 2.05) is 6.07 Å². The highest BCUT2D eigenvalue weighted by atomic mass is 16.3. The van der Waals surface area contributed by atoms with Crippen molar-refractivity contribution < 1.29 is 9.52 Å². The number of aliphatic hydroxyl groups is 1. The van der Waals surface area contributed by atoms with Crippen molar-refractivity contribution in [1.82, 2.24) is 19.6 Å². The minimum atomic E-state index is -0.355. The Labute approximate surface area is 154 Å². The van der Waals surface area contributed by atoms with Crippen molar-refractivity contribution in [3.63, 3.8) is 0 Å². The van der Waals surface area contributed by atoms with Crippen LogP contribution in [0, 0.1) is 5.92 Å². The number of likely N-dealkylation sites (tertiary alicyclic amines) is 1. The molecule has 0 amide bonds. The first-order valence-corrected chi connectivity index (χ1v) is 10.00. The predicted octanol–water partition coefficient (Wildman–Crippen LogP) is 2.40. The quantitative estimate of drug-likeness (QED) is 0.891. The molecule has 4 heterocycles. The lowest BCUT2D eigenvalue weighted by molar-refractivity contribution is 0.0793. The minimum Gasteiger partial charge on any atom is -0.468 e. The van der Waals surface area contributed by atoms with Crippen LogP contribution >= 0.6 is 0 Å². The van der Waals surface area contributed by atoms with Crippen LogP contribution in [0.1, 0.15) is 48.9 Å². The number of piperidine rings is 1. The molecule has 0 aromatic carbocycles. The van der Waals surface area contributed by atoms with Crippen LogP contribution in [0.15, 0.2) is 28.9 Å². The Morgan fingerprint density at radius 1 is 1.15 bits per heavy atom. The van der Waals surface area contributed by atoms with Gasteiger partial charge in [-0.05, 0) is 49.8 Å². The van der Waals surface area contributed by atoms with Gasteiger partial charge in [0.05, 0.1) is 30.7 Å². The molecule has 3 aliphatic rings. The van der Waals surface area contributed by atoms with E-state index in [4.69, 9.17) is 4.42 Å². The maximum atomic E-state index is 10.4. The van der Waals surface area contributed by atoms with Gasteiger partial charge in [-0.2, -0.15) is 5.10 Å². The van der Waals surface area contributed by atoms with E-state index in [9.17, 15) is 5.11 Å². The molecule has 2 fully saturated rings. The zero-order valence-electron chi connectivity index (χ0n) is 15.3. The van der Waals surface area contributed by atoms with E-state index in [0.717, 1.165) is 63.6 Å². The molecule has 0 bridgehead atoms. The van der Waals surface area contributed by atoms with E-state index in [2.05, 4.69) is 31.7 Å².